The fourth-order valence-corrected chi connectivity index (χ4v) is 1.62. The van der Waals surface area contributed by atoms with Crippen LogP contribution in [0.4, 0.5) is 4.39 Å². The first-order chi connectivity index (χ1) is 7.66. The molecule has 0 spiro atoms. The third kappa shape index (κ3) is 3.09. The second-order valence-corrected chi connectivity index (χ2v) is 4.57. The molecule has 16 heavy (non-hydrogen) atoms. The molecule has 2 nitrogen and oxygen atoms in total. The molecule has 0 heterocycles. The number of hydrogen-bond donors (Lipinski definition) is 1. The highest BCUT2D eigenvalue weighted by molar-refractivity contribution is 6.30. The van der Waals surface area contributed by atoms with Gasteiger partial charge in [-0.3, -0.25) is 0 Å². The molecule has 1 aliphatic rings. The van der Waals surface area contributed by atoms with E-state index in [2.05, 4.69) is 5.32 Å². The molecule has 1 fully saturated rings. The zero-order valence-electron chi connectivity index (χ0n) is 9.17. The van der Waals surface area contributed by atoms with Gasteiger partial charge in [-0.25, -0.2) is 4.39 Å². The summed E-state index contributed by atoms with van der Waals surface area (Å²) in [6, 6.07) is 5.42. The van der Waals surface area contributed by atoms with Gasteiger partial charge in [0.15, 0.2) is 11.6 Å². The van der Waals surface area contributed by atoms with Gasteiger partial charge in [0.25, 0.3) is 0 Å². The third-order valence-corrected chi connectivity index (χ3v) is 2.81. The first-order valence-corrected chi connectivity index (χ1v) is 5.88. The molecule has 4 heteroatoms. The fourth-order valence-electron chi connectivity index (χ4n) is 1.45. The van der Waals surface area contributed by atoms with E-state index in [4.69, 9.17) is 16.3 Å². The molecule has 2 rings (SSSR count). The van der Waals surface area contributed by atoms with Gasteiger partial charge < -0.3 is 10.1 Å². The molecule has 88 valence electrons. The van der Waals surface area contributed by atoms with Crippen LogP contribution in [0.25, 0.3) is 0 Å². The molecule has 0 bridgehead atoms. The molecule has 1 atom stereocenters. The second-order valence-electron chi connectivity index (χ2n) is 4.16. The summed E-state index contributed by atoms with van der Waals surface area (Å²) in [5.74, 6) is -0.264. The topological polar surface area (TPSA) is 21.3 Å². The molecule has 1 unspecified atom stereocenters. The van der Waals surface area contributed by atoms with Crippen LogP contribution in [0.3, 0.4) is 0 Å². The van der Waals surface area contributed by atoms with Crippen molar-refractivity contribution in [2.75, 3.05) is 6.54 Å². The summed E-state index contributed by atoms with van der Waals surface area (Å²) in [4.78, 5) is 0. The summed E-state index contributed by atoms with van der Waals surface area (Å²) in [5.41, 5.74) is 0. The molecule has 0 amide bonds. The smallest absolute Gasteiger partial charge is 0.183 e. The van der Waals surface area contributed by atoms with Crippen LogP contribution in [0.5, 0.6) is 5.75 Å². The van der Waals surface area contributed by atoms with Crippen LogP contribution in [0.1, 0.15) is 19.8 Å². The Morgan fingerprint density at radius 2 is 2.31 bits per heavy atom. The van der Waals surface area contributed by atoms with Crippen molar-refractivity contribution in [3.05, 3.63) is 29.0 Å². The standard InChI is InChI=1S/C12H15ClFNO/c1-8(7-15-9-5-6-9)16-11-4-2-3-10(13)12(11)14/h2-4,8-9,15H,5-7H2,1H3. The Kier molecular flexibility index (Phi) is 3.66. The van der Waals surface area contributed by atoms with Crippen LogP contribution in [0, 0.1) is 5.82 Å². The Morgan fingerprint density at radius 1 is 1.56 bits per heavy atom. The van der Waals surface area contributed by atoms with Crippen molar-refractivity contribution in [2.24, 2.45) is 0 Å². The second kappa shape index (κ2) is 5.02. The van der Waals surface area contributed by atoms with Gasteiger partial charge in [-0.2, -0.15) is 0 Å². The van der Waals surface area contributed by atoms with Gasteiger partial charge in [0.1, 0.15) is 6.10 Å². The van der Waals surface area contributed by atoms with E-state index in [0.717, 1.165) is 6.54 Å². The average molecular weight is 244 g/mol. The van der Waals surface area contributed by atoms with E-state index < -0.39 is 5.82 Å². The van der Waals surface area contributed by atoms with Gasteiger partial charge in [-0.1, -0.05) is 17.7 Å². The molecule has 1 aliphatic carbocycles. The lowest BCUT2D eigenvalue weighted by atomic mass is 10.3. The molecule has 1 aromatic carbocycles. The average Bonchev–Trinajstić information content (AvgIpc) is 3.06. The Labute approximate surface area is 99.7 Å². The van der Waals surface area contributed by atoms with E-state index in [1.807, 2.05) is 6.92 Å². The van der Waals surface area contributed by atoms with E-state index in [0.29, 0.717) is 6.04 Å². The van der Waals surface area contributed by atoms with Crippen molar-refractivity contribution >= 4 is 11.6 Å². The lowest BCUT2D eigenvalue weighted by Crippen LogP contribution is -2.30. The molecule has 0 aromatic heterocycles. The molecule has 0 saturated heterocycles. The monoisotopic (exact) mass is 243 g/mol. The van der Waals surface area contributed by atoms with E-state index in [9.17, 15) is 4.39 Å². The summed E-state index contributed by atoms with van der Waals surface area (Å²) < 4.78 is 19.0. The highest BCUT2D eigenvalue weighted by Gasteiger charge is 2.21. The predicted molar refractivity (Wildman–Crippen MR) is 62.5 cm³/mol. The van der Waals surface area contributed by atoms with Gasteiger partial charge in [0, 0.05) is 12.6 Å². The summed E-state index contributed by atoms with van der Waals surface area (Å²) in [5, 5.41) is 3.43. The van der Waals surface area contributed by atoms with Crippen LogP contribution in [0.2, 0.25) is 5.02 Å². The largest absolute Gasteiger partial charge is 0.486 e. The number of benzene rings is 1. The molecule has 0 radical (unpaired) electrons. The van der Waals surface area contributed by atoms with Crippen LogP contribution in [0.15, 0.2) is 18.2 Å². The molecular formula is C12H15ClFNO. The highest BCUT2D eigenvalue weighted by Crippen LogP contribution is 2.25. The van der Waals surface area contributed by atoms with Crippen molar-refractivity contribution in [2.45, 2.75) is 31.9 Å². The summed E-state index contributed by atoms with van der Waals surface area (Å²) in [6.07, 6.45) is 2.41. The van der Waals surface area contributed by atoms with E-state index in [1.165, 1.54) is 18.9 Å². The number of hydrogen-bond acceptors (Lipinski definition) is 2. The maximum Gasteiger partial charge on any atom is 0.183 e. The third-order valence-electron chi connectivity index (χ3n) is 2.52. The van der Waals surface area contributed by atoms with Crippen LogP contribution in [-0.4, -0.2) is 18.7 Å². The van der Waals surface area contributed by atoms with Gasteiger partial charge in [0.05, 0.1) is 5.02 Å². The van der Waals surface area contributed by atoms with Crippen molar-refractivity contribution in [3.8, 4) is 5.75 Å². The lowest BCUT2D eigenvalue weighted by Gasteiger charge is -2.16. The van der Waals surface area contributed by atoms with Gasteiger partial charge in [0.2, 0.25) is 0 Å². The highest BCUT2D eigenvalue weighted by atomic mass is 35.5. The predicted octanol–water partition coefficient (Wildman–Crippen LogP) is 3.00. The maximum absolute atomic E-state index is 13.5. The summed E-state index contributed by atoms with van der Waals surface area (Å²) in [6.45, 7) is 2.65. The lowest BCUT2D eigenvalue weighted by molar-refractivity contribution is 0.207. The van der Waals surface area contributed by atoms with Gasteiger partial charge in [-0.15, -0.1) is 0 Å². The minimum absolute atomic E-state index is 0.0615. The normalized spacial score (nSPS) is 17.2. The number of ether oxygens (including phenoxy) is 1. The number of halogens is 2. The minimum Gasteiger partial charge on any atom is -0.486 e. The van der Waals surface area contributed by atoms with Crippen LogP contribution >= 0.6 is 11.6 Å². The Morgan fingerprint density at radius 3 is 3.00 bits per heavy atom. The maximum atomic E-state index is 13.5. The first-order valence-electron chi connectivity index (χ1n) is 5.51. The van der Waals surface area contributed by atoms with Crippen molar-refractivity contribution in [3.63, 3.8) is 0 Å². The molecule has 1 saturated carbocycles. The number of rotatable bonds is 5. The van der Waals surface area contributed by atoms with Crippen molar-refractivity contribution in [1.29, 1.82) is 0 Å². The minimum atomic E-state index is -0.484. The van der Waals surface area contributed by atoms with Crippen LogP contribution < -0.4 is 10.1 Å². The Bertz CT molecular complexity index is 368. The number of nitrogens with one attached hydrogen (secondary N) is 1. The van der Waals surface area contributed by atoms with Crippen molar-refractivity contribution in [1.82, 2.24) is 5.32 Å². The van der Waals surface area contributed by atoms with Crippen molar-refractivity contribution < 1.29 is 9.13 Å². The van der Waals surface area contributed by atoms with Crippen LogP contribution in [-0.2, 0) is 0 Å². The zero-order chi connectivity index (χ0) is 11.5. The quantitative estimate of drug-likeness (QED) is 0.859. The molecule has 1 aromatic rings. The van der Waals surface area contributed by atoms with Gasteiger partial charge in [-0.05, 0) is 31.9 Å². The summed E-state index contributed by atoms with van der Waals surface area (Å²) >= 11 is 5.66. The SMILES string of the molecule is CC(CNC1CC1)Oc1cccc(Cl)c1F. The van der Waals surface area contributed by atoms with E-state index in [-0.39, 0.29) is 16.9 Å². The van der Waals surface area contributed by atoms with E-state index >= 15 is 0 Å². The fraction of sp³-hybridized carbons (Fsp3) is 0.500. The summed E-state index contributed by atoms with van der Waals surface area (Å²) in [7, 11) is 0. The van der Waals surface area contributed by atoms with Gasteiger partial charge >= 0.3 is 0 Å². The first kappa shape index (κ1) is 11.7. The zero-order valence-corrected chi connectivity index (χ0v) is 9.93. The Balaban J connectivity index is 1.88. The molecular weight excluding hydrogens is 229 g/mol. The van der Waals surface area contributed by atoms with E-state index in [1.54, 1.807) is 12.1 Å². The molecule has 0 aliphatic heterocycles. The Hall–Kier alpha value is -0.800. The molecule has 1 N–H and O–H groups in total.